The Labute approximate surface area is 67.1 Å². The van der Waals surface area contributed by atoms with Crippen LogP contribution in [0.5, 0.6) is 0 Å². The van der Waals surface area contributed by atoms with Gasteiger partial charge in [0.1, 0.15) is 0 Å². The molecule has 1 N–H and O–H groups in total. The number of hydrogen-bond acceptors (Lipinski definition) is 2. The van der Waals surface area contributed by atoms with Gasteiger partial charge in [-0.3, -0.25) is 0 Å². The standard InChI is InChI=1S/C7H13ClN2/c1-5-9-10(4)7(3)6(2)8/h9H,2-3,5H2,1,4H3. The lowest BCUT2D eigenvalue weighted by Gasteiger charge is -2.20. The van der Waals surface area contributed by atoms with Crippen molar-refractivity contribution in [1.82, 2.24) is 10.4 Å². The van der Waals surface area contributed by atoms with Crippen molar-refractivity contribution in [2.75, 3.05) is 13.6 Å². The molecular weight excluding hydrogens is 148 g/mol. The maximum absolute atomic E-state index is 5.58. The van der Waals surface area contributed by atoms with E-state index in [0.717, 1.165) is 6.54 Å². The number of hydrogen-bond donors (Lipinski definition) is 1. The first-order chi connectivity index (χ1) is 4.59. The molecule has 0 saturated carbocycles. The van der Waals surface area contributed by atoms with Gasteiger partial charge >= 0.3 is 0 Å². The van der Waals surface area contributed by atoms with E-state index < -0.39 is 0 Å². The molecule has 0 aliphatic heterocycles. The van der Waals surface area contributed by atoms with Gasteiger partial charge in [0.05, 0.1) is 10.7 Å². The molecule has 0 aromatic heterocycles. The zero-order chi connectivity index (χ0) is 8.15. The molecule has 0 fully saturated rings. The second kappa shape index (κ2) is 4.36. The molecule has 0 rings (SSSR count). The van der Waals surface area contributed by atoms with Gasteiger partial charge in [-0.1, -0.05) is 31.7 Å². The largest absolute Gasteiger partial charge is 0.311 e. The van der Waals surface area contributed by atoms with Crippen molar-refractivity contribution < 1.29 is 0 Å². The van der Waals surface area contributed by atoms with Gasteiger partial charge in [0.25, 0.3) is 0 Å². The first-order valence-corrected chi connectivity index (χ1v) is 3.48. The molecule has 0 aliphatic rings. The summed E-state index contributed by atoms with van der Waals surface area (Å²) in [7, 11) is 1.85. The Kier molecular flexibility index (Phi) is 4.16. The summed E-state index contributed by atoms with van der Waals surface area (Å²) in [6, 6.07) is 0. The maximum atomic E-state index is 5.58. The third-order valence-corrected chi connectivity index (χ3v) is 1.33. The van der Waals surface area contributed by atoms with Crippen LogP contribution in [0.25, 0.3) is 0 Å². The molecule has 0 heterocycles. The van der Waals surface area contributed by atoms with Crippen LogP contribution < -0.4 is 5.43 Å². The molecular formula is C7H13ClN2. The summed E-state index contributed by atoms with van der Waals surface area (Å²) in [5.41, 5.74) is 3.71. The lowest BCUT2D eigenvalue weighted by atomic mass is 10.5. The van der Waals surface area contributed by atoms with Crippen LogP contribution in [0.1, 0.15) is 6.92 Å². The molecule has 0 atom stereocenters. The van der Waals surface area contributed by atoms with E-state index in [9.17, 15) is 0 Å². The molecule has 58 valence electrons. The normalized spacial score (nSPS) is 9.10. The summed E-state index contributed by atoms with van der Waals surface area (Å²) < 4.78 is 0. The minimum Gasteiger partial charge on any atom is -0.311 e. The molecule has 0 aromatic rings. The first kappa shape index (κ1) is 9.53. The third kappa shape index (κ3) is 2.90. The van der Waals surface area contributed by atoms with Gasteiger partial charge in [0.15, 0.2) is 0 Å². The molecule has 0 amide bonds. The second-order valence-electron chi connectivity index (χ2n) is 1.92. The Morgan fingerprint density at radius 3 is 2.40 bits per heavy atom. The highest BCUT2D eigenvalue weighted by molar-refractivity contribution is 6.31. The van der Waals surface area contributed by atoms with Crippen molar-refractivity contribution in [2.45, 2.75) is 6.92 Å². The molecule has 0 spiro atoms. The van der Waals surface area contributed by atoms with E-state index in [1.54, 1.807) is 5.01 Å². The Bertz CT molecular complexity index is 143. The number of likely N-dealkylation sites (N-methyl/N-ethyl adjacent to an activating group) is 1. The van der Waals surface area contributed by atoms with E-state index in [2.05, 4.69) is 18.6 Å². The quantitative estimate of drug-likeness (QED) is 0.498. The van der Waals surface area contributed by atoms with Gasteiger partial charge in [-0.15, -0.1) is 0 Å². The topological polar surface area (TPSA) is 15.3 Å². The number of rotatable bonds is 4. The lowest BCUT2D eigenvalue weighted by molar-refractivity contribution is 0.318. The average Bonchev–Trinajstić information content (AvgIpc) is 1.87. The predicted molar refractivity (Wildman–Crippen MR) is 45.6 cm³/mol. The molecule has 3 heteroatoms. The SMILES string of the molecule is C=C(Cl)C(=C)N(C)NCC. The van der Waals surface area contributed by atoms with Gasteiger partial charge in [-0.05, 0) is 0 Å². The second-order valence-corrected chi connectivity index (χ2v) is 2.38. The molecule has 0 saturated heterocycles. The van der Waals surface area contributed by atoms with Crippen LogP contribution in [0.2, 0.25) is 0 Å². The number of halogens is 1. The number of hydrazine groups is 1. The molecule has 0 aromatic carbocycles. The fraction of sp³-hybridized carbons (Fsp3) is 0.429. The Morgan fingerprint density at radius 1 is 1.60 bits per heavy atom. The zero-order valence-corrected chi connectivity index (χ0v) is 7.20. The summed E-state index contributed by atoms with van der Waals surface area (Å²) in [6.07, 6.45) is 0. The van der Waals surface area contributed by atoms with Crippen LogP contribution in [-0.4, -0.2) is 18.6 Å². The Hall–Kier alpha value is -0.470. The highest BCUT2D eigenvalue weighted by Gasteiger charge is 2.00. The average molecular weight is 161 g/mol. The van der Waals surface area contributed by atoms with Crippen molar-refractivity contribution >= 4 is 11.6 Å². The van der Waals surface area contributed by atoms with Crippen LogP contribution in [0.4, 0.5) is 0 Å². The lowest BCUT2D eigenvalue weighted by Crippen LogP contribution is -2.32. The fourth-order valence-electron chi connectivity index (χ4n) is 0.515. The van der Waals surface area contributed by atoms with E-state index in [4.69, 9.17) is 11.6 Å². The molecule has 2 nitrogen and oxygen atoms in total. The molecule has 0 unspecified atom stereocenters. The van der Waals surface area contributed by atoms with E-state index in [1.165, 1.54) is 0 Å². The first-order valence-electron chi connectivity index (χ1n) is 3.10. The van der Waals surface area contributed by atoms with Crippen molar-refractivity contribution in [3.05, 3.63) is 23.9 Å². The van der Waals surface area contributed by atoms with Gasteiger partial charge in [-0.2, -0.15) is 0 Å². The summed E-state index contributed by atoms with van der Waals surface area (Å²) in [5, 5.41) is 2.21. The van der Waals surface area contributed by atoms with Crippen molar-refractivity contribution in [3.63, 3.8) is 0 Å². The van der Waals surface area contributed by atoms with E-state index >= 15 is 0 Å². The van der Waals surface area contributed by atoms with Crippen molar-refractivity contribution in [1.29, 1.82) is 0 Å². The van der Waals surface area contributed by atoms with E-state index in [-0.39, 0.29) is 0 Å². The van der Waals surface area contributed by atoms with Crippen LogP contribution >= 0.6 is 11.6 Å². The highest BCUT2D eigenvalue weighted by Crippen LogP contribution is 2.10. The van der Waals surface area contributed by atoms with E-state index in [0.29, 0.717) is 10.7 Å². The molecule has 0 radical (unpaired) electrons. The maximum Gasteiger partial charge on any atom is 0.0624 e. The van der Waals surface area contributed by atoms with Gasteiger partial charge in [-0.25, -0.2) is 5.43 Å². The van der Waals surface area contributed by atoms with Crippen LogP contribution in [0, 0.1) is 0 Å². The Morgan fingerprint density at radius 2 is 2.10 bits per heavy atom. The fourth-order valence-corrected chi connectivity index (χ4v) is 0.641. The summed E-state index contributed by atoms with van der Waals surface area (Å²) >= 11 is 5.58. The Balaban J connectivity index is 3.82. The number of allylic oxidation sites excluding steroid dienone is 1. The minimum atomic E-state index is 0.462. The van der Waals surface area contributed by atoms with Crippen LogP contribution in [0.15, 0.2) is 23.9 Å². The number of nitrogens with one attached hydrogen (secondary N) is 1. The summed E-state index contributed by atoms with van der Waals surface area (Å²) in [6.45, 7) is 10.1. The van der Waals surface area contributed by atoms with Crippen LogP contribution in [-0.2, 0) is 0 Å². The molecule has 0 bridgehead atoms. The monoisotopic (exact) mass is 160 g/mol. The van der Waals surface area contributed by atoms with Crippen molar-refractivity contribution in [3.8, 4) is 0 Å². The zero-order valence-electron chi connectivity index (χ0n) is 6.45. The molecule has 0 aliphatic carbocycles. The van der Waals surface area contributed by atoms with Crippen LogP contribution in [0.3, 0.4) is 0 Å². The van der Waals surface area contributed by atoms with E-state index in [1.807, 2.05) is 14.0 Å². The van der Waals surface area contributed by atoms with Gasteiger partial charge in [0, 0.05) is 13.6 Å². The van der Waals surface area contributed by atoms with Gasteiger partial charge < -0.3 is 5.01 Å². The van der Waals surface area contributed by atoms with Gasteiger partial charge in [0.2, 0.25) is 0 Å². The van der Waals surface area contributed by atoms with Crippen molar-refractivity contribution in [2.24, 2.45) is 0 Å². The smallest absolute Gasteiger partial charge is 0.0624 e. The predicted octanol–water partition coefficient (Wildman–Crippen LogP) is 1.71. The minimum absolute atomic E-state index is 0.462. The molecule has 10 heavy (non-hydrogen) atoms. The summed E-state index contributed by atoms with van der Waals surface area (Å²) in [5.74, 6) is 0. The number of nitrogens with zero attached hydrogens (tertiary/aromatic N) is 1. The summed E-state index contributed by atoms with van der Waals surface area (Å²) in [4.78, 5) is 0. The highest BCUT2D eigenvalue weighted by atomic mass is 35.5. The third-order valence-electron chi connectivity index (χ3n) is 1.11.